The van der Waals surface area contributed by atoms with Crippen molar-refractivity contribution in [3.63, 3.8) is 0 Å². The smallest absolute Gasteiger partial charge is 0.308 e. The van der Waals surface area contributed by atoms with Gasteiger partial charge in [0.15, 0.2) is 0 Å². The van der Waals surface area contributed by atoms with Crippen molar-refractivity contribution in [2.45, 2.75) is 38.9 Å². The van der Waals surface area contributed by atoms with Crippen molar-refractivity contribution in [1.82, 2.24) is 0 Å². The van der Waals surface area contributed by atoms with Gasteiger partial charge in [0.05, 0.1) is 0 Å². The van der Waals surface area contributed by atoms with E-state index in [4.69, 9.17) is 9.47 Å². The average molecular weight is 296 g/mol. The van der Waals surface area contributed by atoms with Crippen LogP contribution in [0.2, 0.25) is 0 Å². The number of hydrogen-bond acceptors (Lipinski definition) is 3. The lowest BCUT2D eigenvalue weighted by molar-refractivity contribution is -0.165. The second-order valence-corrected chi connectivity index (χ2v) is 5.50. The Labute approximate surface area is 130 Å². The van der Waals surface area contributed by atoms with E-state index in [9.17, 15) is 4.79 Å². The predicted octanol–water partition coefficient (Wildman–Crippen LogP) is 3.88. The van der Waals surface area contributed by atoms with E-state index in [1.54, 1.807) is 6.92 Å². The Bertz CT molecular complexity index is 649. The molecule has 2 aromatic rings. The molecule has 3 heteroatoms. The van der Waals surface area contributed by atoms with Gasteiger partial charge >= 0.3 is 5.97 Å². The lowest BCUT2D eigenvalue weighted by atomic mass is 9.97. The number of carbonyl (C=O) groups excluding carboxylic acids is 1. The van der Waals surface area contributed by atoms with Crippen molar-refractivity contribution >= 4 is 5.97 Å². The number of fused-ring (bicyclic) bond motifs is 1. The molecule has 114 valence electrons. The highest BCUT2D eigenvalue weighted by molar-refractivity contribution is 5.69. The van der Waals surface area contributed by atoms with Gasteiger partial charge in [0.1, 0.15) is 5.75 Å². The molecule has 1 aliphatic heterocycles. The zero-order chi connectivity index (χ0) is 15.4. The van der Waals surface area contributed by atoms with Crippen LogP contribution in [0.3, 0.4) is 0 Å². The van der Waals surface area contributed by atoms with Gasteiger partial charge in [-0.15, -0.1) is 0 Å². The first-order valence-electron chi connectivity index (χ1n) is 7.77. The molecule has 1 unspecified atom stereocenters. The van der Waals surface area contributed by atoms with Gasteiger partial charge in [0.25, 0.3) is 0 Å². The summed E-state index contributed by atoms with van der Waals surface area (Å²) in [6.07, 6.45) is 2.32. The number of ether oxygens (including phenoxy) is 2. The summed E-state index contributed by atoms with van der Waals surface area (Å²) in [5.74, 6) is 0.667. The van der Waals surface area contributed by atoms with Crippen LogP contribution < -0.4 is 4.74 Å². The molecular weight excluding hydrogens is 276 g/mol. The van der Waals surface area contributed by atoms with Crippen LogP contribution in [0.1, 0.15) is 36.5 Å². The van der Waals surface area contributed by atoms with E-state index in [1.165, 1.54) is 11.1 Å². The highest BCUT2D eigenvalue weighted by Crippen LogP contribution is 2.33. The zero-order valence-corrected chi connectivity index (χ0v) is 12.7. The summed E-state index contributed by atoms with van der Waals surface area (Å²) < 4.78 is 11.3. The van der Waals surface area contributed by atoms with Gasteiger partial charge in [0, 0.05) is 19.3 Å². The highest BCUT2D eigenvalue weighted by Gasteiger charge is 2.24. The largest absolute Gasteiger partial charge is 0.454 e. The number of para-hydroxylation sites is 1. The van der Waals surface area contributed by atoms with Gasteiger partial charge in [-0.3, -0.25) is 4.79 Å². The van der Waals surface area contributed by atoms with E-state index in [1.807, 2.05) is 18.2 Å². The van der Waals surface area contributed by atoms with Gasteiger partial charge in [-0.1, -0.05) is 55.5 Å². The Morgan fingerprint density at radius 1 is 1.18 bits per heavy atom. The monoisotopic (exact) mass is 296 g/mol. The average Bonchev–Trinajstić information content (AvgIpc) is 2.56. The SMILES string of the molecule is CCC(=O)OC1CCc2cccc(Cc3ccccc3)c2O1. The van der Waals surface area contributed by atoms with Crippen LogP contribution in [-0.2, 0) is 22.4 Å². The Morgan fingerprint density at radius 3 is 2.77 bits per heavy atom. The maximum Gasteiger partial charge on any atom is 0.308 e. The normalized spacial score (nSPS) is 16.5. The standard InChI is InChI=1S/C19H20O3/c1-2-17(20)21-18-12-11-15-9-6-10-16(19(15)22-18)13-14-7-4-3-5-8-14/h3-10,18H,2,11-13H2,1H3. The molecule has 0 saturated carbocycles. The number of rotatable bonds is 4. The van der Waals surface area contributed by atoms with E-state index < -0.39 is 6.29 Å². The first kappa shape index (κ1) is 14.6. The van der Waals surface area contributed by atoms with Gasteiger partial charge in [-0.25, -0.2) is 0 Å². The van der Waals surface area contributed by atoms with Crippen molar-refractivity contribution < 1.29 is 14.3 Å². The summed E-state index contributed by atoms with van der Waals surface area (Å²) in [5.41, 5.74) is 3.57. The molecule has 1 aliphatic rings. The molecule has 1 atom stereocenters. The lowest BCUT2D eigenvalue weighted by Gasteiger charge is -2.27. The molecule has 0 saturated heterocycles. The fourth-order valence-electron chi connectivity index (χ4n) is 2.72. The Kier molecular flexibility index (Phi) is 4.42. The molecule has 2 aromatic carbocycles. The molecule has 0 N–H and O–H groups in total. The summed E-state index contributed by atoms with van der Waals surface area (Å²) in [5, 5.41) is 0. The molecule has 0 amide bonds. The zero-order valence-electron chi connectivity index (χ0n) is 12.7. The minimum absolute atomic E-state index is 0.214. The van der Waals surface area contributed by atoms with E-state index in [2.05, 4.69) is 30.3 Å². The van der Waals surface area contributed by atoms with E-state index in [0.717, 1.165) is 24.2 Å². The third-order valence-corrected chi connectivity index (χ3v) is 3.87. The molecule has 0 aliphatic carbocycles. The number of benzene rings is 2. The van der Waals surface area contributed by atoms with Gasteiger partial charge in [-0.05, 0) is 23.1 Å². The first-order chi connectivity index (χ1) is 10.8. The molecular formula is C19H20O3. The second-order valence-electron chi connectivity index (χ2n) is 5.50. The number of hydrogen-bond donors (Lipinski definition) is 0. The molecule has 3 rings (SSSR count). The van der Waals surface area contributed by atoms with Crippen LogP contribution in [-0.4, -0.2) is 12.3 Å². The van der Waals surface area contributed by atoms with Crippen LogP contribution in [0.4, 0.5) is 0 Å². The lowest BCUT2D eigenvalue weighted by Crippen LogP contribution is -2.28. The molecule has 0 aromatic heterocycles. The number of aryl methyl sites for hydroxylation is 1. The van der Waals surface area contributed by atoms with Gasteiger partial charge < -0.3 is 9.47 Å². The first-order valence-corrected chi connectivity index (χ1v) is 7.77. The highest BCUT2D eigenvalue weighted by atomic mass is 16.7. The van der Waals surface area contributed by atoms with Crippen LogP contribution in [0.5, 0.6) is 5.75 Å². The van der Waals surface area contributed by atoms with E-state index in [0.29, 0.717) is 12.8 Å². The van der Waals surface area contributed by atoms with E-state index in [-0.39, 0.29) is 5.97 Å². The van der Waals surface area contributed by atoms with Gasteiger partial charge in [-0.2, -0.15) is 0 Å². The molecule has 0 bridgehead atoms. The molecule has 0 fully saturated rings. The second kappa shape index (κ2) is 6.65. The van der Waals surface area contributed by atoms with Crippen molar-refractivity contribution in [3.8, 4) is 5.75 Å². The van der Waals surface area contributed by atoms with Crippen molar-refractivity contribution in [3.05, 3.63) is 65.2 Å². The van der Waals surface area contributed by atoms with Crippen molar-refractivity contribution in [2.75, 3.05) is 0 Å². The maximum absolute atomic E-state index is 11.5. The molecule has 3 nitrogen and oxygen atoms in total. The molecule has 22 heavy (non-hydrogen) atoms. The molecule has 1 heterocycles. The predicted molar refractivity (Wildman–Crippen MR) is 84.8 cm³/mol. The minimum Gasteiger partial charge on any atom is -0.454 e. The fraction of sp³-hybridized carbons (Fsp3) is 0.316. The molecule has 0 spiro atoms. The van der Waals surface area contributed by atoms with E-state index >= 15 is 0 Å². The Hall–Kier alpha value is -2.29. The summed E-state index contributed by atoms with van der Waals surface area (Å²) in [7, 11) is 0. The Balaban J connectivity index is 1.81. The van der Waals surface area contributed by atoms with Gasteiger partial charge in [0.2, 0.25) is 6.29 Å². The number of carbonyl (C=O) groups is 1. The maximum atomic E-state index is 11.5. The van der Waals surface area contributed by atoms with Crippen molar-refractivity contribution in [2.24, 2.45) is 0 Å². The molecule has 0 radical (unpaired) electrons. The topological polar surface area (TPSA) is 35.5 Å². The van der Waals surface area contributed by atoms with Crippen LogP contribution in [0.15, 0.2) is 48.5 Å². The number of esters is 1. The van der Waals surface area contributed by atoms with Crippen LogP contribution >= 0.6 is 0 Å². The summed E-state index contributed by atoms with van der Waals surface area (Å²) >= 11 is 0. The van der Waals surface area contributed by atoms with Crippen LogP contribution in [0, 0.1) is 0 Å². The fourth-order valence-corrected chi connectivity index (χ4v) is 2.72. The third-order valence-electron chi connectivity index (χ3n) is 3.87. The third kappa shape index (κ3) is 3.30. The van der Waals surface area contributed by atoms with Crippen LogP contribution in [0.25, 0.3) is 0 Å². The summed E-state index contributed by atoms with van der Waals surface area (Å²) in [6.45, 7) is 1.79. The van der Waals surface area contributed by atoms with Crippen molar-refractivity contribution in [1.29, 1.82) is 0 Å². The minimum atomic E-state index is -0.461. The Morgan fingerprint density at radius 2 is 2.00 bits per heavy atom. The quantitative estimate of drug-likeness (QED) is 0.803. The summed E-state index contributed by atoms with van der Waals surface area (Å²) in [4.78, 5) is 11.5. The summed E-state index contributed by atoms with van der Waals surface area (Å²) in [6, 6.07) is 16.5.